The highest BCUT2D eigenvalue weighted by Crippen LogP contribution is 2.24. The van der Waals surface area contributed by atoms with Crippen LogP contribution in [0.2, 0.25) is 0 Å². The van der Waals surface area contributed by atoms with Gasteiger partial charge in [-0.2, -0.15) is 0 Å². The van der Waals surface area contributed by atoms with Crippen LogP contribution in [0.4, 0.5) is 17.2 Å². The lowest BCUT2D eigenvalue weighted by Gasteiger charge is -2.11. The number of nitrogens with one attached hydrogen (secondary N) is 2. The molecule has 0 spiro atoms. The van der Waals surface area contributed by atoms with Crippen LogP contribution >= 0.6 is 0 Å². The summed E-state index contributed by atoms with van der Waals surface area (Å²) in [6, 6.07) is 9.08. The molecule has 0 aliphatic rings. The van der Waals surface area contributed by atoms with Crippen molar-refractivity contribution in [2.75, 3.05) is 30.8 Å². The van der Waals surface area contributed by atoms with Crippen LogP contribution in [-0.2, 0) is 0 Å². The largest absolute Gasteiger partial charge is 0.492 e. The SMILES string of the molecule is CNc1cc(Nc2cccc(OCCN)c2)nn2c(C(=O)O)cnc12. The standard InChI is InChI=1S/C16H18N6O3/c1-18-12-8-14(21-22-13(16(23)24)9-19-15(12)22)20-10-3-2-4-11(7-10)25-6-5-17/h2-4,7-9,18H,5-6,17H2,1H3,(H,20,21)(H,23,24). The molecule has 0 aliphatic heterocycles. The lowest BCUT2D eigenvalue weighted by atomic mass is 10.3. The molecule has 0 saturated heterocycles. The number of anilines is 3. The normalized spacial score (nSPS) is 10.6. The first-order chi connectivity index (χ1) is 12.1. The lowest BCUT2D eigenvalue weighted by Crippen LogP contribution is -2.10. The lowest BCUT2D eigenvalue weighted by molar-refractivity contribution is 0.0688. The summed E-state index contributed by atoms with van der Waals surface area (Å²) in [6.07, 6.45) is 1.27. The number of hydrogen-bond donors (Lipinski definition) is 4. The molecule has 25 heavy (non-hydrogen) atoms. The van der Waals surface area contributed by atoms with Gasteiger partial charge in [0.15, 0.2) is 17.2 Å². The van der Waals surface area contributed by atoms with Crippen molar-refractivity contribution in [3.8, 4) is 5.75 Å². The van der Waals surface area contributed by atoms with Gasteiger partial charge < -0.3 is 26.2 Å². The van der Waals surface area contributed by atoms with Crippen LogP contribution in [0.15, 0.2) is 36.5 Å². The highest BCUT2D eigenvalue weighted by molar-refractivity contribution is 5.88. The minimum Gasteiger partial charge on any atom is -0.492 e. The van der Waals surface area contributed by atoms with E-state index in [2.05, 4.69) is 20.7 Å². The van der Waals surface area contributed by atoms with E-state index in [1.807, 2.05) is 24.3 Å². The fraction of sp³-hybridized carbons (Fsp3) is 0.188. The zero-order valence-corrected chi connectivity index (χ0v) is 13.6. The van der Waals surface area contributed by atoms with Gasteiger partial charge in [-0.05, 0) is 12.1 Å². The number of nitrogens with two attached hydrogens (primary N) is 1. The van der Waals surface area contributed by atoms with Gasteiger partial charge in [0.25, 0.3) is 0 Å². The summed E-state index contributed by atoms with van der Waals surface area (Å²) in [4.78, 5) is 15.4. The number of carbonyl (C=O) groups is 1. The quantitative estimate of drug-likeness (QED) is 0.509. The number of carboxylic acid groups (broad SMARTS) is 1. The summed E-state index contributed by atoms with van der Waals surface area (Å²) in [5, 5.41) is 19.7. The van der Waals surface area contributed by atoms with Crippen LogP contribution in [0.5, 0.6) is 5.75 Å². The average Bonchev–Trinajstić information content (AvgIpc) is 3.03. The van der Waals surface area contributed by atoms with Crippen molar-refractivity contribution in [1.82, 2.24) is 14.6 Å². The number of imidazole rings is 1. The predicted octanol–water partition coefficient (Wildman–Crippen LogP) is 1.55. The minimum atomic E-state index is -1.10. The molecule has 0 radical (unpaired) electrons. The molecular formula is C16H18N6O3. The Hall–Kier alpha value is -3.33. The topological polar surface area (TPSA) is 127 Å². The number of aromatic nitrogens is 3. The first-order valence-electron chi connectivity index (χ1n) is 7.62. The Kier molecular flexibility index (Phi) is 4.66. The molecule has 0 aliphatic carbocycles. The number of rotatable bonds is 7. The van der Waals surface area contributed by atoms with Gasteiger partial charge in [0.05, 0.1) is 11.9 Å². The molecule has 0 fully saturated rings. The number of aromatic carboxylic acids is 1. The summed E-state index contributed by atoms with van der Waals surface area (Å²) in [5.74, 6) is 0.0453. The molecule has 9 heteroatoms. The third-order valence-corrected chi connectivity index (χ3v) is 3.45. The van der Waals surface area contributed by atoms with Crippen molar-refractivity contribution in [2.45, 2.75) is 0 Å². The molecule has 3 rings (SSSR count). The minimum absolute atomic E-state index is 0.0184. The molecule has 0 unspecified atom stereocenters. The molecule has 0 atom stereocenters. The Balaban J connectivity index is 1.96. The zero-order chi connectivity index (χ0) is 17.8. The number of ether oxygens (including phenoxy) is 1. The van der Waals surface area contributed by atoms with Gasteiger partial charge in [-0.15, -0.1) is 5.10 Å². The third kappa shape index (κ3) is 3.45. The summed E-state index contributed by atoms with van der Waals surface area (Å²) < 4.78 is 6.78. The van der Waals surface area contributed by atoms with E-state index in [-0.39, 0.29) is 5.69 Å². The Morgan fingerprint density at radius 2 is 2.24 bits per heavy atom. The van der Waals surface area contributed by atoms with E-state index >= 15 is 0 Å². The summed E-state index contributed by atoms with van der Waals surface area (Å²) in [5.41, 5.74) is 7.26. The third-order valence-electron chi connectivity index (χ3n) is 3.45. The van der Waals surface area contributed by atoms with Gasteiger partial charge in [-0.3, -0.25) is 0 Å². The number of carboxylic acids is 1. The molecule has 0 saturated carbocycles. The fourth-order valence-electron chi connectivity index (χ4n) is 2.35. The smallest absolute Gasteiger partial charge is 0.356 e. The number of hydrogen-bond acceptors (Lipinski definition) is 7. The van der Waals surface area contributed by atoms with Gasteiger partial charge in [0, 0.05) is 31.4 Å². The van der Waals surface area contributed by atoms with Crippen molar-refractivity contribution in [3.05, 3.63) is 42.2 Å². The second-order valence-corrected chi connectivity index (χ2v) is 5.17. The highest BCUT2D eigenvalue weighted by atomic mass is 16.5. The van der Waals surface area contributed by atoms with E-state index < -0.39 is 5.97 Å². The predicted molar refractivity (Wildman–Crippen MR) is 93.8 cm³/mol. The molecule has 2 aromatic heterocycles. The van der Waals surface area contributed by atoms with Gasteiger partial charge in [-0.1, -0.05) is 6.07 Å². The van der Waals surface area contributed by atoms with E-state index in [0.717, 1.165) is 5.69 Å². The van der Waals surface area contributed by atoms with Crippen LogP contribution in [-0.4, -0.2) is 45.9 Å². The van der Waals surface area contributed by atoms with E-state index in [1.165, 1.54) is 10.7 Å². The van der Waals surface area contributed by atoms with Crippen molar-refractivity contribution >= 4 is 28.8 Å². The van der Waals surface area contributed by atoms with Crippen LogP contribution in [0.25, 0.3) is 5.65 Å². The molecule has 130 valence electrons. The van der Waals surface area contributed by atoms with Crippen LogP contribution in [0.3, 0.4) is 0 Å². The molecule has 9 nitrogen and oxygen atoms in total. The monoisotopic (exact) mass is 342 g/mol. The van der Waals surface area contributed by atoms with Crippen LogP contribution in [0, 0.1) is 0 Å². The van der Waals surface area contributed by atoms with E-state index in [9.17, 15) is 9.90 Å². The summed E-state index contributed by atoms with van der Waals surface area (Å²) in [6.45, 7) is 0.856. The van der Waals surface area contributed by atoms with Gasteiger partial charge >= 0.3 is 5.97 Å². The Bertz CT molecular complexity index is 908. The number of benzene rings is 1. The Morgan fingerprint density at radius 3 is 2.96 bits per heavy atom. The van der Waals surface area contributed by atoms with Crippen molar-refractivity contribution in [2.24, 2.45) is 5.73 Å². The maximum atomic E-state index is 11.3. The molecular weight excluding hydrogens is 324 g/mol. The van der Waals surface area contributed by atoms with E-state index in [0.29, 0.717) is 36.1 Å². The van der Waals surface area contributed by atoms with E-state index in [4.69, 9.17) is 10.5 Å². The van der Waals surface area contributed by atoms with Crippen molar-refractivity contribution < 1.29 is 14.6 Å². The Morgan fingerprint density at radius 1 is 1.40 bits per heavy atom. The second-order valence-electron chi connectivity index (χ2n) is 5.17. The molecule has 5 N–H and O–H groups in total. The second kappa shape index (κ2) is 7.05. The molecule has 0 amide bonds. The highest BCUT2D eigenvalue weighted by Gasteiger charge is 2.15. The first-order valence-corrected chi connectivity index (χ1v) is 7.62. The first kappa shape index (κ1) is 16.5. The zero-order valence-electron chi connectivity index (χ0n) is 13.6. The Labute approximate surface area is 143 Å². The molecule has 1 aromatic carbocycles. The number of nitrogens with zero attached hydrogens (tertiary/aromatic N) is 3. The van der Waals surface area contributed by atoms with Crippen LogP contribution in [0.1, 0.15) is 10.5 Å². The van der Waals surface area contributed by atoms with Gasteiger partial charge in [0.1, 0.15) is 12.4 Å². The maximum Gasteiger partial charge on any atom is 0.356 e. The fourth-order valence-corrected chi connectivity index (χ4v) is 2.35. The molecule has 3 aromatic rings. The van der Waals surface area contributed by atoms with E-state index in [1.54, 1.807) is 13.1 Å². The number of fused-ring (bicyclic) bond motifs is 1. The average molecular weight is 342 g/mol. The van der Waals surface area contributed by atoms with Gasteiger partial charge in [-0.25, -0.2) is 14.3 Å². The summed E-state index contributed by atoms with van der Waals surface area (Å²) >= 11 is 0. The van der Waals surface area contributed by atoms with Crippen molar-refractivity contribution in [1.29, 1.82) is 0 Å². The molecule has 2 heterocycles. The van der Waals surface area contributed by atoms with Crippen molar-refractivity contribution in [3.63, 3.8) is 0 Å². The van der Waals surface area contributed by atoms with Crippen LogP contribution < -0.4 is 21.1 Å². The maximum absolute atomic E-state index is 11.3. The van der Waals surface area contributed by atoms with Gasteiger partial charge in [0.2, 0.25) is 0 Å². The summed E-state index contributed by atoms with van der Waals surface area (Å²) in [7, 11) is 1.73. The molecule has 0 bridgehead atoms.